The van der Waals surface area contributed by atoms with Crippen LogP contribution in [0.25, 0.3) is 0 Å². The minimum absolute atomic E-state index is 0.0939. The Morgan fingerprint density at radius 2 is 2.10 bits per heavy atom. The molecule has 2 aliphatic rings. The molecule has 108 valence electrons. The van der Waals surface area contributed by atoms with Crippen LogP contribution in [0.2, 0.25) is 0 Å². The Morgan fingerprint density at radius 3 is 2.75 bits per heavy atom. The standard InChI is InChI=1S/C17H22O3/c1-11(2)17(15(18)19-4)16(20-17)10-9-12(3)13-7-5-6-8-14(13)16/h5-8,11-12H,9-10H2,1-4H3. The summed E-state index contributed by atoms with van der Waals surface area (Å²) < 4.78 is 11.2. The van der Waals surface area contributed by atoms with Gasteiger partial charge in [0.2, 0.25) is 5.60 Å². The van der Waals surface area contributed by atoms with E-state index in [2.05, 4.69) is 25.1 Å². The predicted molar refractivity (Wildman–Crippen MR) is 76.4 cm³/mol. The van der Waals surface area contributed by atoms with Crippen LogP contribution in [0.3, 0.4) is 0 Å². The van der Waals surface area contributed by atoms with Gasteiger partial charge in [0.15, 0.2) is 0 Å². The second kappa shape index (κ2) is 4.32. The largest absolute Gasteiger partial charge is 0.467 e. The summed E-state index contributed by atoms with van der Waals surface area (Å²) in [5.41, 5.74) is 1.21. The van der Waals surface area contributed by atoms with Gasteiger partial charge in [-0.3, -0.25) is 0 Å². The lowest BCUT2D eigenvalue weighted by Crippen LogP contribution is -2.40. The van der Waals surface area contributed by atoms with Gasteiger partial charge in [0, 0.05) is 0 Å². The Bertz CT molecular complexity index is 551. The van der Waals surface area contributed by atoms with E-state index in [1.807, 2.05) is 19.9 Å². The monoisotopic (exact) mass is 274 g/mol. The van der Waals surface area contributed by atoms with Gasteiger partial charge in [0.25, 0.3) is 0 Å². The summed E-state index contributed by atoms with van der Waals surface area (Å²) in [6, 6.07) is 8.36. The van der Waals surface area contributed by atoms with Crippen molar-refractivity contribution in [3.63, 3.8) is 0 Å². The van der Waals surface area contributed by atoms with Crippen molar-refractivity contribution < 1.29 is 14.3 Å². The highest BCUT2D eigenvalue weighted by Gasteiger charge is 2.78. The predicted octanol–water partition coefficient (Wildman–Crippen LogP) is 3.38. The topological polar surface area (TPSA) is 38.8 Å². The highest BCUT2D eigenvalue weighted by Crippen LogP contribution is 2.66. The van der Waals surface area contributed by atoms with Crippen molar-refractivity contribution in [2.45, 2.75) is 50.7 Å². The Balaban J connectivity index is 2.12. The van der Waals surface area contributed by atoms with Gasteiger partial charge >= 0.3 is 5.97 Å². The lowest BCUT2D eigenvalue weighted by molar-refractivity contribution is -0.148. The summed E-state index contributed by atoms with van der Waals surface area (Å²) in [5.74, 6) is 0.372. The molecule has 1 aromatic rings. The molecule has 1 aromatic carbocycles. The minimum atomic E-state index is -0.808. The van der Waals surface area contributed by atoms with E-state index in [0.717, 1.165) is 12.8 Å². The number of hydrogen-bond donors (Lipinski definition) is 0. The molecule has 0 aromatic heterocycles. The van der Waals surface area contributed by atoms with Crippen LogP contribution in [0.5, 0.6) is 0 Å². The number of carbonyl (C=O) groups is 1. The highest BCUT2D eigenvalue weighted by atomic mass is 16.7. The molecule has 3 rings (SSSR count). The van der Waals surface area contributed by atoms with E-state index in [0.29, 0.717) is 5.92 Å². The van der Waals surface area contributed by atoms with Crippen molar-refractivity contribution in [3.8, 4) is 0 Å². The molecule has 0 radical (unpaired) electrons. The molecule has 0 bridgehead atoms. The first-order chi connectivity index (χ1) is 9.49. The molecule has 0 saturated carbocycles. The molecule has 1 spiro atoms. The number of methoxy groups -OCH3 is 1. The van der Waals surface area contributed by atoms with Crippen LogP contribution in [0.15, 0.2) is 24.3 Å². The van der Waals surface area contributed by atoms with Gasteiger partial charge in [0.05, 0.1) is 7.11 Å². The van der Waals surface area contributed by atoms with Gasteiger partial charge < -0.3 is 9.47 Å². The maximum absolute atomic E-state index is 12.4. The fourth-order valence-electron chi connectivity index (χ4n) is 3.92. The third kappa shape index (κ3) is 1.47. The van der Waals surface area contributed by atoms with Crippen LogP contribution in [-0.4, -0.2) is 18.7 Å². The van der Waals surface area contributed by atoms with E-state index in [-0.39, 0.29) is 11.9 Å². The molecule has 0 amide bonds. The molecule has 3 nitrogen and oxygen atoms in total. The summed E-state index contributed by atoms with van der Waals surface area (Å²) in [5, 5.41) is 0. The van der Waals surface area contributed by atoms with Gasteiger partial charge in [-0.2, -0.15) is 0 Å². The smallest absolute Gasteiger partial charge is 0.341 e. The minimum Gasteiger partial charge on any atom is -0.467 e. The maximum atomic E-state index is 12.4. The van der Waals surface area contributed by atoms with Gasteiger partial charge in [-0.1, -0.05) is 45.0 Å². The highest BCUT2D eigenvalue weighted by molar-refractivity contribution is 5.86. The van der Waals surface area contributed by atoms with Crippen LogP contribution < -0.4 is 0 Å². The number of epoxide rings is 1. The fraction of sp³-hybridized carbons (Fsp3) is 0.588. The van der Waals surface area contributed by atoms with Gasteiger partial charge in [-0.15, -0.1) is 0 Å². The van der Waals surface area contributed by atoms with E-state index in [9.17, 15) is 4.79 Å². The average molecular weight is 274 g/mol. The van der Waals surface area contributed by atoms with E-state index in [4.69, 9.17) is 9.47 Å². The van der Waals surface area contributed by atoms with E-state index in [1.165, 1.54) is 18.2 Å². The Morgan fingerprint density at radius 1 is 1.40 bits per heavy atom. The van der Waals surface area contributed by atoms with Crippen LogP contribution in [0.4, 0.5) is 0 Å². The lowest BCUT2D eigenvalue weighted by atomic mass is 9.69. The fourth-order valence-corrected chi connectivity index (χ4v) is 3.92. The number of rotatable bonds is 2. The maximum Gasteiger partial charge on any atom is 0.341 e. The van der Waals surface area contributed by atoms with Crippen molar-refractivity contribution in [1.82, 2.24) is 0 Å². The zero-order valence-electron chi connectivity index (χ0n) is 12.6. The summed E-state index contributed by atoms with van der Waals surface area (Å²) in [4.78, 5) is 12.4. The zero-order valence-corrected chi connectivity index (χ0v) is 12.6. The molecule has 1 saturated heterocycles. The van der Waals surface area contributed by atoms with E-state index in [1.54, 1.807) is 0 Å². The molecule has 3 unspecified atom stereocenters. The van der Waals surface area contributed by atoms with Crippen molar-refractivity contribution in [2.24, 2.45) is 5.92 Å². The molecular weight excluding hydrogens is 252 g/mol. The number of benzene rings is 1. The second-order valence-electron chi connectivity index (χ2n) is 6.34. The van der Waals surface area contributed by atoms with Crippen LogP contribution in [-0.2, 0) is 19.9 Å². The van der Waals surface area contributed by atoms with E-state index < -0.39 is 11.2 Å². The molecule has 0 N–H and O–H groups in total. The number of hydrogen-bond acceptors (Lipinski definition) is 3. The van der Waals surface area contributed by atoms with E-state index >= 15 is 0 Å². The third-order valence-electron chi connectivity index (χ3n) is 5.05. The first-order valence-corrected chi connectivity index (χ1v) is 7.37. The zero-order chi connectivity index (χ0) is 14.5. The van der Waals surface area contributed by atoms with Gasteiger partial charge in [0.1, 0.15) is 5.60 Å². The average Bonchev–Trinajstić information content (AvgIpc) is 3.14. The van der Waals surface area contributed by atoms with Crippen molar-refractivity contribution in [3.05, 3.63) is 35.4 Å². The van der Waals surface area contributed by atoms with Crippen molar-refractivity contribution in [2.75, 3.05) is 7.11 Å². The number of ether oxygens (including phenoxy) is 2. The lowest BCUT2D eigenvalue weighted by Gasteiger charge is -2.30. The molecular formula is C17H22O3. The van der Waals surface area contributed by atoms with Crippen LogP contribution in [0, 0.1) is 5.92 Å². The Labute approximate surface area is 120 Å². The number of carbonyl (C=O) groups excluding carboxylic acids is 1. The molecule has 1 aliphatic carbocycles. The molecule has 3 heteroatoms. The van der Waals surface area contributed by atoms with Crippen molar-refractivity contribution in [1.29, 1.82) is 0 Å². The number of esters is 1. The summed E-state index contributed by atoms with van der Waals surface area (Å²) in [7, 11) is 1.44. The Hall–Kier alpha value is -1.35. The molecule has 1 heterocycles. The van der Waals surface area contributed by atoms with Gasteiger partial charge in [-0.25, -0.2) is 4.79 Å². The first-order valence-electron chi connectivity index (χ1n) is 7.37. The molecule has 1 fully saturated rings. The quantitative estimate of drug-likeness (QED) is 0.613. The second-order valence-corrected chi connectivity index (χ2v) is 6.34. The van der Waals surface area contributed by atoms with Crippen LogP contribution in [0.1, 0.15) is 50.7 Å². The molecule has 1 aliphatic heterocycles. The Kier molecular flexibility index (Phi) is 2.94. The first kappa shape index (κ1) is 13.6. The molecule has 3 atom stereocenters. The third-order valence-corrected chi connectivity index (χ3v) is 5.05. The van der Waals surface area contributed by atoms with Gasteiger partial charge in [-0.05, 0) is 35.8 Å². The van der Waals surface area contributed by atoms with Crippen molar-refractivity contribution >= 4 is 5.97 Å². The molecule has 20 heavy (non-hydrogen) atoms. The summed E-state index contributed by atoms with van der Waals surface area (Å²) in [6.07, 6.45) is 1.93. The normalized spacial score (nSPS) is 35.0. The SMILES string of the molecule is COC(=O)C1(C(C)C)OC12CCC(C)c1ccccc12. The van der Waals surface area contributed by atoms with Crippen LogP contribution >= 0.6 is 0 Å². The summed E-state index contributed by atoms with van der Waals surface area (Å²) in [6.45, 7) is 6.31. The summed E-state index contributed by atoms with van der Waals surface area (Å²) >= 11 is 0. The number of fused-ring (bicyclic) bond motifs is 2.